The van der Waals surface area contributed by atoms with Crippen molar-refractivity contribution >= 4 is 0 Å². The first-order chi connectivity index (χ1) is 10.1. The molecule has 3 heteroatoms. The minimum Gasteiger partial charge on any atom is -0.381 e. The molecule has 0 saturated carbocycles. The maximum Gasteiger partial charge on any atom is 0.0469 e. The average Bonchev–Trinajstić information content (AvgIpc) is 2.49. The maximum atomic E-state index is 5.54. The Bertz CT molecular complexity index is 296. The fourth-order valence-electron chi connectivity index (χ4n) is 4.15. The molecule has 0 aliphatic carbocycles. The van der Waals surface area contributed by atoms with E-state index in [1.165, 1.54) is 51.7 Å². The predicted octanol–water partition coefficient (Wildman–Crippen LogP) is 3.29. The number of ether oxygens (including phenoxy) is 1. The minimum absolute atomic E-state index is 0.381. The molecule has 21 heavy (non-hydrogen) atoms. The van der Waals surface area contributed by atoms with Crippen molar-refractivity contribution in [2.45, 2.75) is 71.4 Å². The molecule has 3 nitrogen and oxygen atoms in total. The summed E-state index contributed by atoms with van der Waals surface area (Å²) in [6.07, 6.45) is 6.32. The predicted molar refractivity (Wildman–Crippen MR) is 89.7 cm³/mol. The highest BCUT2D eigenvalue weighted by molar-refractivity contribution is 4.98. The lowest BCUT2D eigenvalue weighted by Crippen LogP contribution is -2.65. The van der Waals surface area contributed by atoms with Crippen molar-refractivity contribution in [3.8, 4) is 0 Å². The van der Waals surface area contributed by atoms with Crippen LogP contribution < -0.4 is 5.32 Å². The van der Waals surface area contributed by atoms with Gasteiger partial charge in [0, 0.05) is 44.4 Å². The quantitative estimate of drug-likeness (QED) is 0.814. The number of nitrogens with one attached hydrogen (secondary N) is 1. The van der Waals surface area contributed by atoms with Crippen molar-refractivity contribution in [2.24, 2.45) is 11.8 Å². The lowest BCUT2D eigenvalue weighted by molar-refractivity contribution is -0.00854. The van der Waals surface area contributed by atoms with Crippen LogP contribution in [0.5, 0.6) is 0 Å². The van der Waals surface area contributed by atoms with Gasteiger partial charge in [-0.1, -0.05) is 27.7 Å². The summed E-state index contributed by atoms with van der Waals surface area (Å²) >= 11 is 0. The van der Waals surface area contributed by atoms with Gasteiger partial charge in [0.1, 0.15) is 0 Å². The van der Waals surface area contributed by atoms with E-state index in [2.05, 4.69) is 37.9 Å². The molecule has 0 spiro atoms. The first-order valence-electron chi connectivity index (χ1n) is 9.15. The molecule has 2 fully saturated rings. The van der Waals surface area contributed by atoms with E-state index in [1.54, 1.807) is 0 Å². The third-order valence-corrected chi connectivity index (χ3v) is 5.72. The highest BCUT2D eigenvalue weighted by Crippen LogP contribution is 2.30. The highest BCUT2D eigenvalue weighted by Gasteiger charge is 2.39. The van der Waals surface area contributed by atoms with Crippen LogP contribution in [0.15, 0.2) is 0 Å². The van der Waals surface area contributed by atoms with Crippen molar-refractivity contribution in [1.82, 2.24) is 10.2 Å². The molecule has 1 unspecified atom stereocenters. The molecule has 2 saturated heterocycles. The summed E-state index contributed by atoms with van der Waals surface area (Å²) < 4.78 is 5.54. The van der Waals surface area contributed by atoms with E-state index in [4.69, 9.17) is 4.74 Å². The number of piperazine rings is 1. The summed E-state index contributed by atoms with van der Waals surface area (Å²) in [6.45, 7) is 15.0. The molecule has 0 aromatic carbocycles. The van der Waals surface area contributed by atoms with Gasteiger partial charge in [0.2, 0.25) is 0 Å². The summed E-state index contributed by atoms with van der Waals surface area (Å²) in [5.74, 6) is 1.62. The van der Waals surface area contributed by atoms with E-state index >= 15 is 0 Å². The van der Waals surface area contributed by atoms with Crippen molar-refractivity contribution in [3.63, 3.8) is 0 Å². The molecule has 0 aromatic rings. The SMILES string of the molecule is CCC1(CC)CNC(CC(C)C)CN1CC1CCOCC1. The second-order valence-electron chi connectivity index (χ2n) is 7.60. The van der Waals surface area contributed by atoms with Gasteiger partial charge in [-0.3, -0.25) is 4.90 Å². The fraction of sp³-hybridized carbons (Fsp3) is 1.00. The van der Waals surface area contributed by atoms with E-state index < -0.39 is 0 Å². The summed E-state index contributed by atoms with van der Waals surface area (Å²) in [5, 5.41) is 3.84. The second kappa shape index (κ2) is 7.94. The van der Waals surface area contributed by atoms with Gasteiger partial charge in [0.05, 0.1) is 0 Å². The number of hydrogen-bond acceptors (Lipinski definition) is 3. The fourth-order valence-corrected chi connectivity index (χ4v) is 4.15. The Balaban J connectivity index is 2.01. The van der Waals surface area contributed by atoms with Crippen molar-refractivity contribution in [3.05, 3.63) is 0 Å². The van der Waals surface area contributed by atoms with Crippen LogP contribution >= 0.6 is 0 Å². The lowest BCUT2D eigenvalue weighted by atomic mass is 9.84. The molecule has 124 valence electrons. The van der Waals surface area contributed by atoms with Crippen LogP contribution in [0.2, 0.25) is 0 Å². The molecule has 0 aromatic heterocycles. The van der Waals surface area contributed by atoms with Crippen LogP contribution in [-0.4, -0.2) is 49.3 Å². The number of nitrogens with zero attached hydrogens (tertiary/aromatic N) is 1. The third-order valence-electron chi connectivity index (χ3n) is 5.72. The van der Waals surface area contributed by atoms with Crippen LogP contribution in [0.1, 0.15) is 59.8 Å². The van der Waals surface area contributed by atoms with Crippen LogP contribution in [0.25, 0.3) is 0 Å². The number of rotatable bonds is 6. The zero-order chi connectivity index (χ0) is 15.3. The third kappa shape index (κ3) is 4.43. The first kappa shape index (κ1) is 17.2. The van der Waals surface area contributed by atoms with Gasteiger partial charge < -0.3 is 10.1 Å². The van der Waals surface area contributed by atoms with E-state index in [0.29, 0.717) is 11.6 Å². The smallest absolute Gasteiger partial charge is 0.0469 e. The van der Waals surface area contributed by atoms with Gasteiger partial charge in [-0.2, -0.15) is 0 Å². The average molecular weight is 296 g/mol. The lowest BCUT2D eigenvalue weighted by Gasteiger charge is -2.51. The Morgan fingerprint density at radius 2 is 1.86 bits per heavy atom. The van der Waals surface area contributed by atoms with Crippen LogP contribution in [0.4, 0.5) is 0 Å². The largest absolute Gasteiger partial charge is 0.381 e. The summed E-state index contributed by atoms with van der Waals surface area (Å²) in [6, 6.07) is 0.677. The van der Waals surface area contributed by atoms with Crippen LogP contribution in [0, 0.1) is 11.8 Å². The molecule has 0 bridgehead atoms. The van der Waals surface area contributed by atoms with Crippen molar-refractivity contribution in [2.75, 3.05) is 32.8 Å². The van der Waals surface area contributed by atoms with E-state index in [0.717, 1.165) is 25.0 Å². The van der Waals surface area contributed by atoms with Gasteiger partial charge >= 0.3 is 0 Å². The van der Waals surface area contributed by atoms with Crippen molar-refractivity contribution in [1.29, 1.82) is 0 Å². The zero-order valence-corrected chi connectivity index (χ0v) is 14.7. The van der Waals surface area contributed by atoms with Gasteiger partial charge in [-0.25, -0.2) is 0 Å². The number of hydrogen-bond donors (Lipinski definition) is 1. The normalized spacial score (nSPS) is 28.1. The molecular weight excluding hydrogens is 260 g/mol. The standard InChI is InChI=1S/C18H36N2O/c1-5-18(6-2)14-19-17(11-15(3)4)13-20(18)12-16-7-9-21-10-8-16/h15-17,19H,5-14H2,1-4H3. The second-order valence-corrected chi connectivity index (χ2v) is 7.60. The Morgan fingerprint density at radius 1 is 1.19 bits per heavy atom. The molecule has 2 heterocycles. The molecule has 2 rings (SSSR count). The highest BCUT2D eigenvalue weighted by atomic mass is 16.5. The van der Waals surface area contributed by atoms with Crippen molar-refractivity contribution < 1.29 is 4.74 Å². The van der Waals surface area contributed by atoms with E-state index in [1.807, 2.05) is 0 Å². The molecule has 2 aliphatic rings. The molecule has 1 N–H and O–H groups in total. The van der Waals surface area contributed by atoms with Crippen LogP contribution in [-0.2, 0) is 4.74 Å². The van der Waals surface area contributed by atoms with E-state index in [-0.39, 0.29) is 0 Å². The Morgan fingerprint density at radius 3 is 2.43 bits per heavy atom. The summed E-state index contributed by atoms with van der Waals surface area (Å²) in [4.78, 5) is 2.84. The molecule has 0 amide bonds. The van der Waals surface area contributed by atoms with Crippen LogP contribution in [0.3, 0.4) is 0 Å². The van der Waals surface area contributed by atoms with E-state index in [9.17, 15) is 0 Å². The van der Waals surface area contributed by atoms with Gasteiger partial charge in [-0.05, 0) is 43.9 Å². The Kier molecular flexibility index (Phi) is 6.51. The van der Waals surface area contributed by atoms with Gasteiger partial charge in [-0.15, -0.1) is 0 Å². The van der Waals surface area contributed by atoms with Gasteiger partial charge in [0.25, 0.3) is 0 Å². The Hall–Kier alpha value is -0.120. The minimum atomic E-state index is 0.381. The molecule has 1 atom stereocenters. The zero-order valence-electron chi connectivity index (χ0n) is 14.7. The molecule has 0 radical (unpaired) electrons. The Labute approximate surface area is 131 Å². The monoisotopic (exact) mass is 296 g/mol. The first-order valence-corrected chi connectivity index (χ1v) is 9.15. The summed E-state index contributed by atoms with van der Waals surface area (Å²) in [5.41, 5.74) is 0.381. The molecular formula is C18H36N2O. The molecule has 2 aliphatic heterocycles. The summed E-state index contributed by atoms with van der Waals surface area (Å²) in [7, 11) is 0. The van der Waals surface area contributed by atoms with Gasteiger partial charge in [0.15, 0.2) is 0 Å². The maximum absolute atomic E-state index is 5.54. The topological polar surface area (TPSA) is 24.5 Å².